The maximum absolute atomic E-state index is 15.3. The first kappa shape index (κ1) is 28.4. The van der Waals surface area contributed by atoms with Crippen molar-refractivity contribution in [3.63, 3.8) is 0 Å². The van der Waals surface area contributed by atoms with Gasteiger partial charge in [0.05, 0.1) is 46.4 Å². The van der Waals surface area contributed by atoms with E-state index in [1.807, 2.05) is 0 Å². The number of sulfonamides is 1. The first-order valence-electron chi connectivity index (χ1n) is 11.9. The first-order chi connectivity index (χ1) is 19.3. The minimum atomic E-state index is -3.76. The molecule has 3 aromatic carbocycles. The number of hydrogen-bond acceptors (Lipinski definition) is 7. The van der Waals surface area contributed by atoms with E-state index in [1.165, 1.54) is 43.1 Å². The highest BCUT2D eigenvalue weighted by Gasteiger charge is 2.26. The SMILES string of the molecule is COc1ccc2c(=O)n(-c3ccc(Cl)c4c(NS(C)(=O)=O)nn(C)c34)c([C@@H](N)Cc3cc(F)cc(F)c3)nc2c1F. The predicted molar refractivity (Wildman–Crippen MR) is 149 cm³/mol. The van der Waals surface area contributed by atoms with Gasteiger partial charge in [0, 0.05) is 13.1 Å². The zero-order chi connectivity index (χ0) is 29.8. The van der Waals surface area contributed by atoms with E-state index in [9.17, 15) is 22.0 Å². The van der Waals surface area contributed by atoms with Crippen LogP contribution in [0.1, 0.15) is 17.4 Å². The number of halogens is 4. The smallest absolute Gasteiger partial charge is 0.266 e. The highest BCUT2D eigenvalue weighted by atomic mass is 35.5. The van der Waals surface area contributed by atoms with Crippen LogP contribution in [0.15, 0.2) is 47.3 Å². The number of aryl methyl sites for hydroxylation is 1. The Morgan fingerprint density at radius 1 is 1.12 bits per heavy atom. The van der Waals surface area contributed by atoms with E-state index in [2.05, 4.69) is 14.8 Å². The van der Waals surface area contributed by atoms with Crippen LogP contribution < -0.4 is 20.8 Å². The Balaban J connectivity index is 1.84. The summed E-state index contributed by atoms with van der Waals surface area (Å²) in [5.41, 5.74) is 5.98. The summed E-state index contributed by atoms with van der Waals surface area (Å²) >= 11 is 6.44. The van der Waals surface area contributed by atoms with Crippen molar-refractivity contribution in [2.24, 2.45) is 12.8 Å². The van der Waals surface area contributed by atoms with Gasteiger partial charge in [-0.25, -0.2) is 26.6 Å². The van der Waals surface area contributed by atoms with Gasteiger partial charge in [-0.15, -0.1) is 0 Å². The lowest BCUT2D eigenvalue weighted by Crippen LogP contribution is -2.30. The lowest BCUT2D eigenvalue weighted by Gasteiger charge is -2.20. The monoisotopic (exact) mass is 606 g/mol. The van der Waals surface area contributed by atoms with E-state index in [1.54, 1.807) is 0 Å². The molecule has 0 bridgehead atoms. The molecule has 0 amide bonds. The highest BCUT2D eigenvalue weighted by Crippen LogP contribution is 2.35. The summed E-state index contributed by atoms with van der Waals surface area (Å²) in [5, 5.41) is 4.42. The number of aromatic nitrogens is 4. The zero-order valence-corrected chi connectivity index (χ0v) is 23.3. The molecule has 0 unspecified atom stereocenters. The third kappa shape index (κ3) is 5.21. The van der Waals surface area contributed by atoms with Gasteiger partial charge in [-0.2, -0.15) is 5.10 Å². The van der Waals surface area contributed by atoms with E-state index in [-0.39, 0.29) is 61.9 Å². The average molecular weight is 607 g/mol. The molecule has 0 radical (unpaired) electrons. The van der Waals surface area contributed by atoms with Crippen LogP contribution in [0, 0.1) is 17.5 Å². The number of ether oxygens (including phenoxy) is 1. The molecule has 0 aliphatic rings. The predicted octanol–water partition coefficient (Wildman–Crippen LogP) is 3.97. The molecule has 0 aliphatic carbocycles. The second-order valence-corrected chi connectivity index (χ2v) is 11.5. The molecule has 2 aromatic heterocycles. The topological polar surface area (TPSA) is 134 Å². The van der Waals surface area contributed by atoms with Crippen molar-refractivity contribution in [2.75, 3.05) is 18.1 Å². The van der Waals surface area contributed by atoms with Crippen LogP contribution in [0.5, 0.6) is 5.75 Å². The first-order valence-corrected chi connectivity index (χ1v) is 14.2. The highest BCUT2D eigenvalue weighted by molar-refractivity contribution is 7.92. The number of fused-ring (bicyclic) bond motifs is 2. The van der Waals surface area contributed by atoms with Crippen LogP contribution in [0.2, 0.25) is 5.02 Å². The van der Waals surface area contributed by atoms with Crippen LogP contribution >= 0.6 is 11.6 Å². The van der Waals surface area contributed by atoms with Crippen molar-refractivity contribution in [3.05, 3.63) is 86.7 Å². The van der Waals surface area contributed by atoms with Gasteiger partial charge in [0.1, 0.15) is 23.0 Å². The third-order valence-electron chi connectivity index (χ3n) is 6.34. The number of nitrogens with one attached hydrogen (secondary N) is 1. The van der Waals surface area contributed by atoms with Crippen molar-refractivity contribution >= 4 is 49.2 Å². The van der Waals surface area contributed by atoms with Gasteiger partial charge in [0.15, 0.2) is 17.4 Å². The Hall–Kier alpha value is -4.14. The van der Waals surface area contributed by atoms with Crippen LogP contribution in [-0.4, -0.2) is 41.1 Å². The van der Waals surface area contributed by atoms with Crippen molar-refractivity contribution in [1.29, 1.82) is 0 Å². The summed E-state index contributed by atoms with van der Waals surface area (Å²) in [6.07, 6.45) is 0.763. The maximum atomic E-state index is 15.3. The Bertz CT molecular complexity index is 2010. The van der Waals surface area contributed by atoms with Crippen molar-refractivity contribution in [3.8, 4) is 11.4 Å². The van der Waals surface area contributed by atoms with Gasteiger partial charge < -0.3 is 10.5 Å². The number of nitrogens with two attached hydrogens (primary N) is 1. The lowest BCUT2D eigenvalue weighted by molar-refractivity contribution is 0.388. The quantitative estimate of drug-likeness (QED) is 0.286. The van der Waals surface area contributed by atoms with E-state index in [0.29, 0.717) is 6.07 Å². The molecule has 214 valence electrons. The maximum Gasteiger partial charge on any atom is 0.266 e. The van der Waals surface area contributed by atoms with Gasteiger partial charge in [-0.05, 0) is 48.4 Å². The van der Waals surface area contributed by atoms with Gasteiger partial charge in [-0.3, -0.25) is 18.8 Å². The average Bonchev–Trinajstić information content (AvgIpc) is 3.19. The van der Waals surface area contributed by atoms with Crippen molar-refractivity contribution < 1.29 is 26.3 Å². The molecule has 0 aliphatic heterocycles. The van der Waals surface area contributed by atoms with Crippen LogP contribution in [0.25, 0.3) is 27.5 Å². The Morgan fingerprint density at radius 2 is 1.80 bits per heavy atom. The van der Waals surface area contributed by atoms with E-state index < -0.39 is 39.1 Å². The second kappa shape index (κ2) is 10.4. The standard InChI is InChI=1S/C26H22ClF3N6O4S/c1-35-23-18(6-5-16(27)20(23)24(33-35)34-41(3,38)39)36-25(17(31)10-12-8-13(28)11-14(29)9-12)32-22-15(26(36)37)4-7-19(40-2)21(22)30/h4-9,11,17H,10,31H2,1-3H3,(H,33,34)/t17-/m0/s1. The molecule has 0 spiro atoms. The van der Waals surface area contributed by atoms with Crippen LogP contribution in [0.4, 0.5) is 19.0 Å². The third-order valence-corrected chi connectivity index (χ3v) is 7.22. The summed E-state index contributed by atoms with van der Waals surface area (Å²) in [6, 6.07) is 7.22. The number of hydrogen-bond donors (Lipinski definition) is 2. The molecule has 0 saturated carbocycles. The molecular formula is C26H22ClF3N6O4S. The lowest BCUT2D eigenvalue weighted by atomic mass is 10.0. The molecular weight excluding hydrogens is 585 g/mol. The second-order valence-electron chi connectivity index (χ2n) is 9.31. The number of methoxy groups -OCH3 is 1. The van der Waals surface area contributed by atoms with E-state index in [4.69, 9.17) is 22.1 Å². The summed E-state index contributed by atoms with van der Waals surface area (Å²) in [6.45, 7) is 0. The number of nitrogens with zero attached hydrogens (tertiary/aromatic N) is 4. The fourth-order valence-corrected chi connectivity index (χ4v) is 5.45. The normalized spacial score (nSPS) is 12.7. The van der Waals surface area contributed by atoms with Gasteiger partial charge in [0.2, 0.25) is 10.0 Å². The Labute approximate surface area is 236 Å². The van der Waals surface area contributed by atoms with Crippen molar-refractivity contribution in [1.82, 2.24) is 19.3 Å². The molecule has 3 N–H and O–H groups in total. The van der Waals surface area contributed by atoms with Gasteiger partial charge in [0.25, 0.3) is 5.56 Å². The zero-order valence-electron chi connectivity index (χ0n) is 21.7. The number of anilines is 1. The van der Waals surface area contributed by atoms with Gasteiger partial charge >= 0.3 is 0 Å². The molecule has 5 aromatic rings. The number of benzene rings is 3. The van der Waals surface area contributed by atoms with Crippen LogP contribution in [-0.2, 0) is 23.5 Å². The fourth-order valence-electron chi connectivity index (χ4n) is 4.72. The summed E-state index contributed by atoms with van der Waals surface area (Å²) in [7, 11) is -0.997. The largest absolute Gasteiger partial charge is 0.494 e. The fraction of sp³-hybridized carbons (Fsp3) is 0.192. The van der Waals surface area contributed by atoms with E-state index in [0.717, 1.165) is 23.0 Å². The van der Waals surface area contributed by atoms with Crippen molar-refractivity contribution in [2.45, 2.75) is 12.5 Å². The molecule has 41 heavy (non-hydrogen) atoms. The molecule has 15 heteroatoms. The summed E-state index contributed by atoms with van der Waals surface area (Å²) in [5.74, 6) is -2.96. The minimum Gasteiger partial charge on any atom is -0.494 e. The molecule has 0 saturated heterocycles. The molecule has 0 fully saturated rings. The molecule has 5 rings (SSSR count). The molecule has 1 atom stereocenters. The van der Waals surface area contributed by atoms with Gasteiger partial charge in [-0.1, -0.05) is 11.6 Å². The van der Waals surface area contributed by atoms with Crippen LogP contribution in [0.3, 0.4) is 0 Å². The Morgan fingerprint density at radius 3 is 2.44 bits per heavy atom. The summed E-state index contributed by atoms with van der Waals surface area (Å²) < 4.78 is 76.9. The minimum absolute atomic E-state index is 0.0875. The molecule has 10 nitrogen and oxygen atoms in total. The Kier molecular flexibility index (Phi) is 7.17. The summed E-state index contributed by atoms with van der Waals surface area (Å²) in [4.78, 5) is 18.4. The molecule has 2 heterocycles. The number of rotatable bonds is 7. The van der Waals surface area contributed by atoms with E-state index >= 15 is 4.39 Å².